The van der Waals surface area contributed by atoms with E-state index >= 15 is 0 Å². The van der Waals surface area contributed by atoms with E-state index in [1.807, 2.05) is 18.2 Å². The molecule has 0 radical (unpaired) electrons. The van der Waals surface area contributed by atoms with Crippen molar-refractivity contribution in [1.82, 2.24) is 0 Å². The van der Waals surface area contributed by atoms with Crippen LogP contribution in [0.2, 0.25) is 0 Å². The van der Waals surface area contributed by atoms with Crippen molar-refractivity contribution in [2.45, 2.75) is 57.8 Å². The van der Waals surface area contributed by atoms with Crippen molar-refractivity contribution >= 4 is 6.08 Å². The molecule has 0 aliphatic heterocycles. The largest absolute Gasteiger partial charge is 0.392 e. The lowest BCUT2D eigenvalue weighted by molar-refractivity contribution is 0.0908. The number of aliphatic hydroxyl groups excluding tert-OH is 2. The van der Waals surface area contributed by atoms with Crippen LogP contribution in [0, 0.1) is 0 Å². The highest BCUT2D eigenvalue weighted by Crippen LogP contribution is 2.11. The quantitative estimate of drug-likeness (QED) is 0.640. The first kappa shape index (κ1) is 16.9. The van der Waals surface area contributed by atoms with Crippen molar-refractivity contribution < 1.29 is 10.2 Å². The highest BCUT2D eigenvalue weighted by atomic mass is 16.3. The fourth-order valence-electron chi connectivity index (χ4n) is 2.00. The minimum atomic E-state index is -0.834. The molecular formula is C17H27NO2. The molecule has 3 nitrogen and oxygen atoms in total. The predicted octanol–water partition coefficient (Wildman–Crippen LogP) is 2.50. The number of aliphatic hydroxyl groups is 2. The minimum absolute atomic E-state index is 0.653. The molecule has 0 aliphatic carbocycles. The van der Waals surface area contributed by atoms with Crippen molar-refractivity contribution in [3.63, 3.8) is 0 Å². The summed E-state index contributed by atoms with van der Waals surface area (Å²) in [5.41, 5.74) is 8.04. The molecule has 20 heavy (non-hydrogen) atoms. The van der Waals surface area contributed by atoms with Gasteiger partial charge in [0, 0.05) is 0 Å². The Morgan fingerprint density at radius 3 is 2.35 bits per heavy atom. The second kappa shape index (κ2) is 8.90. The zero-order valence-corrected chi connectivity index (χ0v) is 12.5. The zero-order chi connectivity index (χ0) is 15.0. The molecule has 0 saturated carbocycles. The number of rotatable bonds is 8. The summed E-state index contributed by atoms with van der Waals surface area (Å²) in [4.78, 5) is 0. The highest BCUT2D eigenvalue weighted by molar-refractivity contribution is 5.50. The molecule has 1 rings (SSSR count). The Hall–Kier alpha value is -1.16. The number of hydrogen-bond donors (Lipinski definition) is 3. The molecule has 3 atom stereocenters. The second-order valence-corrected chi connectivity index (χ2v) is 5.37. The van der Waals surface area contributed by atoms with Crippen LogP contribution in [-0.2, 0) is 6.42 Å². The fourth-order valence-corrected chi connectivity index (χ4v) is 2.00. The molecule has 0 spiro atoms. The zero-order valence-electron chi connectivity index (χ0n) is 12.5. The van der Waals surface area contributed by atoms with Crippen molar-refractivity contribution in [3.05, 3.63) is 41.5 Å². The van der Waals surface area contributed by atoms with Crippen LogP contribution in [0.25, 0.3) is 6.08 Å². The smallest absolute Gasteiger partial charge is 0.0900 e. The molecule has 0 heterocycles. The van der Waals surface area contributed by atoms with Gasteiger partial charge >= 0.3 is 0 Å². The van der Waals surface area contributed by atoms with Crippen LogP contribution < -0.4 is 5.73 Å². The Balaban J connectivity index is 2.52. The average Bonchev–Trinajstić information content (AvgIpc) is 2.45. The highest BCUT2D eigenvalue weighted by Gasteiger charge is 2.16. The monoisotopic (exact) mass is 277 g/mol. The molecule has 0 amide bonds. The molecule has 1 aromatic carbocycles. The van der Waals surface area contributed by atoms with Gasteiger partial charge in [-0.1, -0.05) is 56.2 Å². The molecule has 0 bridgehead atoms. The van der Waals surface area contributed by atoms with E-state index in [1.54, 1.807) is 13.0 Å². The number of aryl methyl sites for hydroxylation is 1. The molecule has 1 aromatic rings. The normalized spacial score (nSPS) is 16.2. The minimum Gasteiger partial charge on any atom is -0.392 e. The van der Waals surface area contributed by atoms with E-state index < -0.39 is 18.2 Å². The lowest BCUT2D eigenvalue weighted by atomic mass is 10.0. The van der Waals surface area contributed by atoms with Crippen LogP contribution in [0.5, 0.6) is 0 Å². The maximum Gasteiger partial charge on any atom is 0.0900 e. The third-order valence-corrected chi connectivity index (χ3v) is 3.49. The van der Waals surface area contributed by atoms with Gasteiger partial charge in [0.05, 0.1) is 18.2 Å². The van der Waals surface area contributed by atoms with Gasteiger partial charge in [0.2, 0.25) is 0 Å². The summed E-state index contributed by atoms with van der Waals surface area (Å²) in [5, 5.41) is 19.1. The average molecular weight is 277 g/mol. The maximum atomic E-state index is 9.78. The van der Waals surface area contributed by atoms with Crippen molar-refractivity contribution in [2.75, 3.05) is 0 Å². The topological polar surface area (TPSA) is 66.5 Å². The SMILES string of the molecule is CCCCCc1ccc(C=CC(O)C(N)C(C)O)cc1. The summed E-state index contributed by atoms with van der Waals surface area (Å²) in [6, 6.07) is 7.67. The van der Waals surface area contributed by atoms with Gasteiger partial charge in [-0.25, -0.2) is 0 Å². The summed E-state index contributed by atoms with van der Waals surface area (Å²) in [7, 11) is 0. The summed E-state index contributed by atoms with van der Waals surface area (Å²) < 4.78 is 0. The van der Waals surface area contributed by atoms with Crippen LogP contribution in [0.1, 0.15) is 44.2 Å². The summed E-state index contributed by atoms with van der Waals surface area (Å²) >= 11 is 0. The fraction of sp³-hybridized carbons (Fsp3) is 0.529. The first-order valence-electron chi connectivity index (χ1n) is 7.43. The molecule has 0 aromatic heterocycles. The Bertz CT molecular complexity index is 398. The summed E-state index contributed by atoms with van der Waals surface area (Å²) in [6.45, 7) is 3.78. The summed E-state index contributed by atoms with van der Waals surface area (Å²) in [6.07, 6.45) is 6.76. The van der Waals surface area contributed by atoms with E-state index in [-0.39, 0.29) is 0 Å². The molecule has 4 N–H and O–H groups in total. The van der Waals surface area contributed by atoms with Gasteiger partial charge < -0.3 is 15.9 Å². The van der Waals surface area contributed by atoms with Crippen LogP contribution in [0.4, 0.5) is 0 Å². The van der Waals surface area contributed by atoms with Crippen LogP contribution in [-0.4, -0.2) is 28.5 Å². The van der Waals surface area contributed by atoms with Crippen LogP contribution in [0.3, 0.4) is 0 Å². The third kappa shape index (κ3) is 5.87. The summed E-state index contributed by atoms with van der Waals surface area (Å²) in [5.74, 6) is 0. The molecule has 0 aliphatic rings. The van der Waals surface area contributed by atoms with E-state index in [9.17, 15) is 10.2 Å². The predicted molar refractivity (Wildman–Crippen MR) is 84.4 cm³/mol. The Kier molecular flexibility index (Phi) is 7.52. The molecule has 3 unspecified atom stereocenters. The van der Waals surface area contributed by atoms with Gasteiger partial charge in [-0.15, -0.1) is 0 Å². The van der Waals surface area contributed by atoms with E-state index in [1.165, 1.54) is 24.8 Å². The molecule has 0 saturated heterocycles. The molecule has 3 heteroatoms. The third-order valence-electron chi connectivity index (χ3n) is 3.49. The van der Waals surface area contributed by atoms with Gasteiger partial charge in [0.1, 0.15) is 0 Å². The Morgan fingerprint density at radius 2 is 1.80 bits per heavy atom. The van der Waals surface area contributed by atoms with Gasteiger partial charge in [0.15, 0.2) is 0 Å². The van der Waals surface area contributed by atoms with Crippen LogP contribution >= 0.6 is 0 Å². The first-order chi connectivity index (χ1) is 9.54. The second-order valence-electron chi connectivity index (χ2n) is 5.37. The number of hydrogen-bond acceptors (Lipinski definition) is 3. The van der Waals surface area contributed by atoms with E-state index in [0.717, 1.165) is 12.0 Å². The van der Waals surface area contributed by atoms with E-state index in [2.05, 4.69) is 19.1 Å². The van der Waals surface area contributed by atoms with Crippen LogP contribution in [0.15, 0.2) is 30.3 Å². The van der Waals surface area contributed by atoms with Gasteiger partial charge in [-0.2, -0.15) is 0 Å². The Morgan fingerprint density at radius 1 is 1.15 bits per heavy atom. The molecular weight excluding hydrogens is 250 g/mol. The number of nitrogens with two attached hydrogens (primary N) is 1. The van der Waals surface area contributed by atoms with Crippen molar-refractivity contribution in [2.24, 2.45) is 5.73 Å². The van der Waals surface area contributed by atoms with Gasteiger partial charge in [0.25, 0.3) is 0 Å². The van der Waals surface area contributed by atoms with Crippen molar-refractivity contribution in [3.8, 4) is 0 Å². The van der Waals surface area contributed by atoms with E-state index in [0.29, 0.717) is 0 Å². The van der Waals surface area contributed by atoms with Gasteiger partial charge in [-0.3, -0.25) is 0 Å². The maximum absolute atomic E-state index is 9.78. The standard InChI is InChI=1S/C17H27NO2/c1-3-4-5-6-14-7-9-15(10-8-14)11-12-16(20)17(18)13(2)19/h7-13,16-17,19-20H,3-6,18H2,1-2H3. The molecule has 0 fully saturated rings. The van der Waals surface area contributed by atoms with Crippen molar-refractivity contribution in [1.29, 1.82) is 0 Å². The lowest BCUT2D eigenvalue weighted by Gasteiger charge is -2.18. The molecule has 112 valence electrons. The number of benzene rings is 1. The lowest BCUT2D eigenvalue weighted by Crippen LogP contribution is -2.42. The van der Waals surface area contributed by atoms with E-state index in [4.69, 9.17) is 5.73 Å². The Labute approximate surface area is 122 Å². The first-order valence-corrected chi connectivity index (χ1v) is 7.43. The number of unbranched alkanes of at least 4 members (excludes halogenated alkanes) is 2. The van der Waals surface area contributed by atoms with Gasteiger partial charge in [-0.05, 0) is 30.9 Å².